The van der Waals surface area contributed by atoms with Gasteiger partial charge < -0.3 is 9.84 Å². The van der Waals surface area contributed by atoms with E-state index in [1.165, 1.54) is 0 Å². The molecule has 0 amide bonds. The molecular formula is C25H32N2O2. The molecule has 0 atom stereocenters. The lowest BCUT2D eigenvalue weighted by molar-refractivity contribution is 0.415. The Morgan fingerprint density at radius 3 is 1.90 bits per heavy atom. The summed E-state index contributed by atoms with van der Waals surface area (Å²) in [5.74, 6) is 1.18. The molecule has 0 fully saturated rings. The number of benzene rings is 2. The van der Waals surface area contributed by atoms with Gasteiger partial charge in [-0.3, -0.25) is 4.68 Å². The summed E-state index contributed by atoms with van der Waals surface area (Å²) in [5, 5.41) is 15.7. The van der Waals surface area contributed by atoms with Gasteiger partial charge in [0, 0.05) is 29.9 Å². The third-order valence-electron chi connectivity index (χ3n) is 5.25. The van der Waals surface area contributed by atoms with Crippen LogP contribution in [0.5, 0.6) is 11.5 Å². The molecule has 4 nitrogen and oxygen atoms in total. The van der Waals surface area contributed by atoms with Crippen LogP contribution in [0.4, 0.5) is 0 Å². The van der Waals surface area contributed by atoms with Gasteiger partial charge in [0.2, 0.25) is 0 Å². The summed E-state index contributed by atoms with van der Waals surface area (Å²) in [6, 6.07) is 12.3. The van der Waals surface area contributed by atoms with Gasteiger partial charge in [-0.25, -0.2) is 0 Å². The second-order valence-electron chi connectivity index (χ2n) is 9.71. The topological polar surface area (TPSA) is 47.3 Å². The molecule has 1 heterocycles. The van der Waals surface area contributed by atoms with Crippen LogP contribution in [-0.2, 0) is 17.9 Å². The van der Waals surface area contributed by atoms with Crippen molar-refractivity contribution in [2.45, 2.75) is 52.4 Å². The fourth-order valence-corrected chi connectivity index (χ4v) is 3.60. The maximum Gasteiger partial charge on any atom is 0.123 e. The Balaban J connectivity index is 2.35. The lowest BCUT2D eigenvalue weighted by Gasteiger charge is -2.28. The van der Waals surface area contributed by atoms with Crippen LogP contribution < -0.4 is 4.74 Å². The Morgan fingerprint density at radius 1 is 0.862 bits per heavy atom. The van der Waals surface area contributed by atoms with Crippen molar-refractivity contribution in [3.8, 4) is 33.9 Å². The molecule has 3 aromatic rings. The van der Waals surface area contributed by atoms with E-state index in [4.69, 9.17) is 4.74 Å². The van der Waals surface area contributed by atoms with Crippen LogP contribution in [0, 0.1) is 0 Å². The summed E-state index contributed by atoms with van der Waals surface area (Å²) in [5.41, 5.74) is 5.54. The highest BCUT2D eigenvalue weighted by Crippen LogP contribution is 2.44. The molecule has 0 radical (unpaired) electrons. The van der Waals surface area contributed by atoms with Gasteiger partial charge in [0.15, 0.2) is 0 Å². The highest BCUT2D eigenvalue weighted by atomic mass is 16.5. The normalized spacial score (nSPS) is 12.3. The number of nitrogens with zero attached hydrogens (tertiary/aromatic N) is 2. The highest BCUT2D eigenvalue weighted by Gasteiger charge is 2.27. The predicted molar refractivity (Wildman–Crippen MR) is 120 cm³/mol. The monoisotopic (exact) mass is 392 g/mol. The van der Waals surface area contributed by atoms with Gasteiger partial charge in [-0.15, -0.1) is 0 Å². The molecule has 0 spiro atoms. The number of aromatic hydroxyl groups is 1. The van der Waals surface area contributed by atoms with E-state index in [2.05, 4.69) is 70.9 Å². The fourth-order valence-electron chi connectivity index (χ4n) is 3.60. The largest absolute Gasteiger partial charge is 0.507 e. The van der Waals surface area contributed by atoms with Crippen molar-refractivity contribution in [2.75, 3.05) is 7.11 Å². The van der Waals surface area contributed by atoms with Gasteiger partial charge in [-0.05, 0) is 58.4 Å². The SMILES string of the molecule is COc1ccc(-c2ccn(C)n2)c(-c2cc(C(C)(C)C)c(O)c(C(C)(C)C)c2)c1. The molecule has 0 aliphatic rings. The Labute approximate surface area is 174 Å². The second kappa shape index (κ2) is 7.25. The van der Waals surface area contributed by atoms with Gasteiger partial charge in [0.1, 0.15) is 11.5 Å². The van der Waals surface area contributed by atoms with E-state index in [9.17, 15) is 5.11 Å². The molecule has 0 unspecified atom stereocenters. The minimum Gasteiger partial charge on any atom is -0.507 e. The fraction of sp³-hybridized carbons (Fsp3) is 0.400. The maximum atomic E-state index is 11.1. The molecule has 0 bridgehead atoms. The molecule has 4 heteroatoms. The van der Waals surface area contributed by atoms with Crippen LogP contribution in [0.25, 0.3) is 22.4 Å². The minimum absolute atomic E-state index is 0.190. The Bertz CT molecular complexity index is 999. The predicted octanol–water partition coefficient (Wildman–Crippen LogP) is 6.06. The zero-order valence-electron chi connectivity index (χ0n) is 18.8. The Kier molecular flexibility index (Phi) is 5.24. The highest BCUT2D eigenvalue weighted by molar-refractivity contribution is 5.84. The number of phenolic OH excluding ortho intramolecular Hbond substituents is 1. The molecule has 0 saturated carbocycles. The Morgan fingerprint density at radius 2 is 1.45 bits per heavy atom. The lowest BCUT2D eigenvalue weighted by atomic mass is 9.77. The van der Waals surface area contributed by atoms with Crippen LogP contribution in [0.3, 0.4) is 0 Å². The zero-order valence-corrected chi connectivity index (χ0v) is 18.8. The summed E-state index contributed by atoms with van der Waals surface area (Å²) in [4.78, 5) is 0. The first-order valence-corrected chi connectivity index (χ1v) is 9.98. The number of methoxy groups -OCH3 is 1. The molecule has 29 heavy (non-hydrogen) atoms. The van der Waals surface area contributed by atoms with E-state index in [1.54, 1.807) is 11.8 Å². The molecule has 0 aliphatic carbocycles. The molecule has 1 aromatic heterocycles. The zero-order chi connectivity index (χ0) is 21.6. The molecule has 0 aliphatic heterocycles. The van der Waals surface area contributed by atoms with Crippen LogP contribution in [0.15, 0.2) is 42.6 Å². The van der Waals surface area contributed by atoms with E-state index < -0.39 is 0 Å². The number of hydrogen-bond donors (Lipinski definition) is 1. The van der Waals surface area contributed by atoms with Gasteiger partial charge in [0.25, 0.3) is 0 Å². The van der Waals surface area contributed by atoms with E-state index in [-0.39, 0.29) is 10.8 Å². The third kappa shape index (κ3) is 4.16. The number of ether oxygens (including phenoxy) is 1. The van der Waals surface area contributed by atoms with E-state index in [1.807, 2.05) is 25.4 Å². The summed E-state index contributed by atoms with van der Waals surface area (Å²) < 4.78 is 7.32. The van der Waals surface area contributed by atoms with Gasteiger partial charge in [-0.1, -0.05) is 41.5 Å². The lowest BCUT2D eigenvalue weighted by Crippen LogP contribution is -2.17. The van der Waals surface area contributed by atoms with Crippen molar-refractivity contribution in [3.05, 3.63) is 53.7 Å². The summed E-state index contributed by atoms with van der Waals surface area (Å²) in [7, 11) is 3.60. The van der Waals surface area contributed by atoms with Crippen molar-refractivity contribution in [1.29, 1.82) is 0 Å². The molecular weight excluding hydrogens is 360 g/mol. The average Bonchev–Trinajstić information content (AvgIpc) is 3.05. The maximum absolute atomic E-state index is 11.1. The Hall–Kier alpha value is -2.75. The molecule has 3 rings (SSSR count). The van der Waals surface area contributed by atoms with Crippen molar-refractivity contribution >= 4 is 0 Å². The van der Waals surface area contributed by atoms with Crippen LogP contribution in [0.2, 0.25) is 0 Å². The smallest absolute Gasteiger partial charge is 0.123 e. The minimum atomic E-state index is -0.190. The average molecular weight is 393 g/mol. The van der Waals surface area contributed by atoms with Crippen molar-refractivity contribution in [2.24, 2.45) is 7.05 Å². The van der Waals surface area contributed by atoms with Crippen LogP contribution in [0.1, 0.15) is 52.7 Å². The number of aromatic nitrogens is 2. The van der Waals surface area contributed by atoms with E-state index in [0.29, 0.717) is 5.75 Å². The van der Waals surface area contributed by atoms with E-state index >= 15 is 0 Å². The first-order chi connectivity index (χ1) is 13.4. The van der Waals surface area contributed by atoms with Gasteiger partial charge in [0.05, 0.1) is 12.8 Å². The molecule has 154 valence electrons. The molecule has 2 aromatic carbocycles. The van der Waals surface area contributed by atoms with Crippen molar-refractivity contribution in [3.63, 3.8) is 0 Å². The number of hydrogen-bond acceptors (Lipinski definition) is 3. The van der Waals surface area contributed by atoms with Crippen molar-refractivity contribution in [1.82, 2.24) is 9.78 Å². The standard InChI is InChI=1S/C25H32N2O2/c1-24(2,3)20-13-16(14-21(23(20)28)25(4,5)6)19-15-17(29-8)9-10-18(19)22-11-12-27(7)26-22/h9-15,28H,1-8H3. The molecule has 1 N–H and O–H groups in total. The number of aryl methyl sites for hydroxylation is 1. The molecule has 0 saturated heterocycles. The van der Waals surface area contributed by atoms with E-state index in [0.717, 1.165) is 39.3 Å². The summed E-state index contributed by atoms with van der Waals surface area (Å²) >= 11 is 0. The third-order valence-corrected chi connectivity index (χ3v) is 5.25. The summed E-state index contributed by atoms with van der Waals surface area (Å²) in [6.45, 7) is 12.8. The first-order valence-electron chi connectivity index (χ1n) is 9.98. The first kappa shape index (κ1) is 21.0. The quantitative estimate of drug-likeness (QED) is 0.589. The number of phenols is 1. The number of rotatable bonds is 3. The second-order valence-corrected chi connectivity index (χ2v) is 9.71. The van der Waals surface area contributed by atoms with Gasteiger partial charge >= 0.3 is 0 Å². The van der Waals surface area contributed by atoms with Gasteiger partial charge in [-0.2, -0.15) is 5.10 Å². The van der Waals surface area contributed by atoms with Crippen molar-refractivity contribution < 1.29 is 9.84 Å². The van der Waals surface area contributed by atoms with Crippen LogP contribution in [-0.4, -0.2) is 22.0 Å². The summed E-state index contributed by atoms with van der Waals surface area (Å²) in [6.07, 6.45) is 1.95. The van der Waals surface area contributed by atoms with Crippen LogP contribution >= 0.6 is 0 Å².